The quantitative estimate of drug-likeness (QED) is 0.683. The first-order valence-corrected chi connectivity index (χ1v) is 6.26. The fourth-order valence-electron chi connectivity index (χ4n) is 2.01. The third-order valence-corrected chi connectivity index (χ3v) is 2.95. The molecule has 0 aliphatic carbocycles. The van der Waals surface area contributed by atoms with Gasteiger partial charge in [0.2, 0.25) is 0 Å². The van der Waals surface area contributed by atoms with Gasteiger partial charge in [-0.15, -0.1) is 0 Å². The monoisotopic (exact) mass is 268 g/mol. The van der Waals surface area contributed by atoms with Crippen LogP contribution in [0.4, 0.5) is 0 Å². The molecule has 0 unspecified atom stereocenters. The molecule has 3 rings (SSSR count). The zero-order chi connectivity index (χ0) is 13.9. The Labute approximate surface area is 115 Å². The fourth-order valence-corrected chi connectivity index (χ4v) is 2.01. The van der Waals surface area contributed by atoms with E-state index < -0.39 is 5.97 Å². The molecule has 5 heteroatoms. The number of hydrogen-bond donors (Lipinski definition) is 0. The Morgan fingerprint density at radius 2 is 2.00 bits per heavy atom. The normalized spacial score (nSPS) is 10.7. The van der Waals surface area contributed by atoms with Gasteiger partial charge in [-0.2, -0.15) is 0 Å². The van der Waals surface area contributed by atoms with Crippen molar-refractivity contribution in [2.75, 3.05) is 6.61 Å². The SMILES string of the molecule is CCOC(=O)c1noc2ccc(-c3ccncc3)cc12. The molecule has 2 heterocycles. The van der Waals surface area contributed by atoms with Crippen LogP contribution in [-0.2, 0) is 4.74 Å². The number of rotatable bonds is 3. The van der Waals surface area contributed by atoms with E-state index in [-0.39, 0.29) is 5.69 Å². The lowest BCUT2D eigenvalue weighted by Gasteiger charge is -2.01. The minimum atomic E-state index is -0.474. The number of fused-ring (bicyclic) bond motifs is 1. The largest absolute Gasteiger partial charge is 0.461 e. The van der Waals surface area contributed by atoms with E-state index in [0.29, 0.717) is 17.6 Å². The highest BCUT2D eigenvalue weighted by Gasteiger charge is 2.17. The van der Waals surface area contributed by atoms with Crippen LogP contribution >= 0.6 is 0 Å². The topological polar surface area (TPSA) is 65.2 Å². The number of carbonyl (C=O) groups excluding carboxylic acids is 1. The summed E-state index contributed by atoms with van der Waals surface area (Å²) in [5.41, 5.74) is 2.75. The molecular formula is C15H12N2O3. The number of esters is 1. The van der Waals surface area contributed by atoms with Crippen molar-refractivity contribution in [3.8, 4) is 11.1 Å². The molecule has 0 aliphatic heterocycles. The van der Waals surface area contributed by atoms with Gasteiger partial charge in [-0.25, -0.2) is 4.79 Å². The summed E-state index contributed by atoms with van der Waals surface area (Å²) in [4.78, 5) is 15.8. The number of benzene rings is 1. The van der Waals surface area contributed by atoms with E-state index in [4.69, 9.17) is 9.26 Å². The third kappa shape index (κ3) is 2.14. The van der Waals surface area contributed by atoms with Crippen molar-refractivity contribution in [2.45, 2.75) is 6.92 Å². The molecule has 3 aromatic rings. The van der Waals surface area contributed by atoms with E-state index in [0.717, 1.165) is 11.1 Å². The number of ether oxygens (including phenoxy) is 1. The Morgan fingerprint density at radius 1 is 1.20 bits per heavy atom. The van der Waals surface area contributed by atoms with Crippen LogP contribution in [0.5, 0.6) is 0 Å². The standard InChI is InChI=1S/C15H12N2O3/c1-2-19-15(18)14-12-9-11(3-4-13(12)20-17-14)10-5-7-16-8-6-10/h3-9H,2H2,1H3. The van der Waals surface area contributed by atoms with Crippen molar-refractivity contribution >= 4 is 16.9 Å². The molecule has 20 heavy (non-hydrogen) atoms. The second-order valence-corrected chi connectivity index (χ2v) is 4.20. The van der Waals surface area contributed by atoms with Crippen LogP contribution in [-0.4, -0.2) is 22.7 Å². The Kier molecular flexibility index (Phi) is 3.16. The van der Waals surface area contributed by atoms with Gasteiger partial charge < -0.3 is 9.26 Å². The maximum atomic E-state index is 11.8. The van der Waals surface area contributed by atoms with Gasteiger partial charge >= 0.3 is 5.97 Å². The van der Waals surface area contributed by atoms with Crippen molar-refractivity contribution in [2.24, 2.45) is 0 Å². The Balaban J connectivity index is 2.10. The molecule has 0 saturated heterocycles. The molecule has 0 amide bonds. The number of aromatic nitrogens is 2. The summed E-state index contributed by atoms with van der Waals surface area (Å²) in [6.07, 6.45) is 3.44. The number of pyridine rings is 1. The second-order valence-electron chi connectivity index (χ2n) is 4.20. The van der Waals surface area contributed by atoms with Crippen molar-refractivity contribution in [3.05, 3.63) is 48.4 Å². The maximum absolute atomic E-state index is 11.8. The number of nitrogens with zero attached hydrogens (tertiary/aromatic N) is 2. The van der Waals surface area contributed by atoms with Crippen LogP contribution in [0.3, 0.4) is 0 Å². The highest BCUT2D eigenvalue weighted by molar-refractivity contribution is 6.02. The lowest BCUT2D eigenvalue weighted by molar-refractivity contribution is 0.0517. The average Bonchev–Trinajstić information content (AvgIpc) is 2.91. The second kappa shape index (κ2) is 5.13. The van der Waals surface area contributed by atoms with Gasteiger partial charge in [-0.05, 0) is 42.3 Å². The van der Waals surface area contributed by atoms with Crippen molar-refractivity contribution < 1.29 is 14.1 Å². The minimum Gasteiger partial charge on any atom is -0.461 e. The summed E-state index contributed by atoms with van der Waals surface area (Å²) in [5.74, 6) is -0.474. The van der Waals surface area contributed by atoms with Gasteiger partial charge in [0, 0.05) is 12.4 Å². The van der Waals surface area contributed by atoms with Gasteiger partial charge in [0.05, 0.1) is 12.0 Å². The molecule has 0 fully saturated rings. The summed E-state index contributed by atoms with van der Waals surface area (Å²) in [7, 11) is 0. The number of hydrogen-bond acceptors (Lipinski definition) is 5. The molecule has 0 N–H and O–H groups in total. The molecule has 0 saturated carbocycles. The van der Waals surface area contributed by atoms with E-state index in [1.54, 1.807) is 25.4 Å². The molecule has 0 aliphatic rings. The predicted octanol–water partition coefficient (Wildman–Crippen LogP) is 3.07. The van der Waals surface area contributed by atoms with E-state index in [9.17, 15) is 4.79 Å². The first kappa shape index (κ1) is 12.3. The summed E-state index contributed by atoms with van der Waals surface area (Å²) in [5, 5.41) is 4.44. The van der Waals surface area contributed by atoms with E-state index >= 15 is 0 Å². The average molecular weight is 268 g/mol. The van der Waals surface area contributed by atoms with E-state index in [1.165, 1.54) is 0 Å². The lowest BCUT2D eigenvalue weighted by Crippen LogP contribution is -2.05. The first-order chi connectivity index (χ1) is 9.79. The molecule has 0 spiro atoms. The summed E-state index contributed by atoms with van der Waals surface area (Å²) in [6.45, 7) is 2.06. The van der Waals surface area contributed by atoms with Gasteiger partial charge in [0.15, 0.2) is 11.3 Å². The van der Waals surface area contributed by atoms with Crippen LogP contribution in [0.2, 0.25) is 0 Å². The molecule has 2 aromatic heterocycles. The number of carbonyl (C=O) groups is 1. The van der Waals surface area contributed by atoms with Gasteiger partial charge in [0.1, 0.15) is 0 Å². The lowest BCUT2D eigenvalue weighted by atomic mass is 10.0. The molecule has 0 radical (unpaired) electrons. The van der Waals surface area contributed by atoms with Crippen molar-refractivity contribution in [3.63, 3.8) is 0 Å². The molecule has 0 bridgehead atoms. The highest BCUT2D eigenvalue weighted by Crippen LogP contribution is 2.26. The molecule has 100 valence electrons. The van der Waals surface area contributed by atoms with Crippen molar-refractivity contribution in [1.29, 1.82) is 0 Å². The van der Waals surface area contributed by atoms with E-state index in [1.807, 2.05) is 24.3 Å². The van der Waals surface area contributed by atoms with E-state index in [2.05, 4.69) is 10.1 Å². The zero-order valence-corrected chi connectivity index (χ0v) is 10.9. The molecule has 0 atom stereocenters. The predicted molar refractivity (Wildman–Crippen MR) is 73.2 cm³/mol. The summed E-state index contributed by atoms with van der Waals surface area (Å²) in [6, 6.07) is 9.38. The molecule has 1 aromatic carbocycles. The Morgan fingerprint density at radius 3 is 2.75 bits per heavy atom. The molecular weight excluding hydrogens is 256 g/mol. The third-order valence-electron chi connectivity index (χ3n) is 2.95. The van der Waals surface area contributed by atoms with Crippen LogP contribution < -0.4 is 0 Å². The first-order valence-electron chi connectivity index (χ1n) is 6.26. The maximum Gasteiger partial charge on any atom is 0.361 e. The Hall–Kier alpha value is -2.69. The highest BCUT2D eigenvalue weighted by atomic mass is 16.5. The minimum absolute atomic E-state index is 0.206. The summed E-state index contributed by atoms with van der Waals surface area (Å²) < 4.78 is 10.1. The Bertz CT molecular complexity index is 750. The van der Waals surface area contributed by atoms with Crippen LogP contribution in [0.25, 0.3) is 22.1 Å². The van der Waals surface area contributed by atoms with Gasteiger partial charge in [0.25, 0.3) is 0 Å². The molecule has 5 nitrogen and oxygen atoms in total. The fraction of sp³-hybridized carbons (Fsp3) is 0.133. The zero-order valence-electron chi connectivity index (χ0n) is 10.9. The van der Waals surface area contributed by atoms with Crippen LogP contribution in [0, 0.1) is 0 Å². The van der Waals surface area contributed by atoms with Crippen molar-refractivity contribution in [1.82, 2.24) is 10.1 Å². The van der Waals surface area contributed by atoms with Crippen LogP contribution in [0.15, 0.2) is 47.2 Å². The van der Waals surface area contributed by atoms with Crippen LogP contribution in [0.1, 0.15) is 17.4 Å². The summed E-state index contributed by atoms with van der Waals surface area (Å²) >= 11 is 0. The van der Waals surface area contributed by atoms with Gasteiger partial charge in [-0.1, -0.05) is 11.2 Å². The smallest absolute Gasteiger partial charge is 0.361 e. The van der Waals surface area contributed by atoms with Gasteiger partial charge in [-0.3, -0.25) is 4.98 Å².